The molecule has 2 aromatic rings. The fraction of sp³-hybridized carbons (Fsp3) is 0.385. The highest BCUT2D eigenvalue weighted by Crippen LogP contribution is 2.32. The van der Waals surface area contributed by atoms with Crippen LogP contribution in [0.15, 0.2) is 17.3 Å². The van der Waals surface area contributed by atoms with E-state index >= 15 is 0 Å². The van der Waals surface area contributed by atoms with Gasteiger partial charge in [0, 0.05) is 12.7 Å². The molecule has 0 aliphatic carbocycles. The Kier molecular flexibility index (Phi) is 4.36. The highest BCUT2D eigenvalue weighted by Gasteiger charge is 2.24. The van der Waals surface area contributed by atoms with Gasteiger partial charge in [-0.15, -0.1) is 0 Å². The molecule has 5 nitrogen and oxygen atoms in total. The van der Waals surface area contributed by atoms with Crippen LogP contribution in [0.1, 0.15) is 12.5 Å². The van der Waals surface area contributed by atoms with Gasteiger partial charge in [-0.25, -0.2) is 9.37 Å². The molecule has 8 heteroatoms. The predicted octanol–water partition coefficient (Wildman–Crippen LogP) is 2.92. The number of nitrogens with zero attached hydrogens (tertiary/aromatic N) is 2. The Balaban J connectivity index is 2.10. The number of hydrogen-bond acceptors (Lipinski definition) is 4. The highest BCUT2D eigenvalue weighted by atomic mass is 127. The molecule has 2 heterocycles. The van der Waals surface area contributed by atoms with Crippen LogP contribution in [-0.4, -0.2) is 39.6 Å². The van der Waals surface area contributed by atoms with Crippen LogP contribution in [0.3, 0.4) is 0 Å². The summed E-state index contributed by atoms with van der Waals surface area (Å²) < 4.78 is 21.7. The molecule has 1 aromatic heterocycles. The van der Waals surface area contributed by atoms with Crippen molar-refractivity contribution in [1.29, 1.82) is 0 Å². The number of carboxylic acids is 1. The Bertz CT molecular complexity index is 700. The monoisotopic (exact) mass is 422 g/mol. The minimum atomic E-state index is -0.901. The molecule has 3 rings (SSSR count). The zero-order valence-electron chi connectivity index (χ0n) is 10.9. The summed E-state index contributed by atoms with van der Waals surface area (Å²) in [4.78, 5) is 15.3. The number of hydrogen-bond donors (Lipinski definition) is 1. The number of halogens is 2. The number of carboxylic acid groups (broad SMARTS) is 1. The molecule has 0 spiro atoms. The Morgan fingerprint density at radius 2 is 2.43 bits per heavy atom. The van der Waals surface area contributed by atoms with E-state index in [4.69, 9.17) is 9.84 Å². The van der Waals surface area contributed by atoms with Crippen molar-refractivity contribution in [2.45, 2.75) is 17.6 Å². The van der Waals surface area contributed by atoms with E-state index in [2.05, 4.69) is 4.98 Å². The zero-order chi connectivity index (χ0) is 15.0. The van der Waals surface area contributed by atoms with Gasteiger partial charge >= 0.3 is 5.97 Å². The second kappa shape index (κ2) is 6.09. The number of rotatable bonds is 4. The van der Waals surface area contributed by atoms with Gasteiger partial charge in [0.05, 0.1) is 33.0 Å². The summed E-state index contributed by atoms with van der Waals surface area (Å²) in [5.74, 6) is -1.27. The molecular formula is C13H12FIN2O3S. The third-order valence-corrected chi connectivity index (χ3v) is 5.06. The molecule has 1 fully saturated rings. The maximum atomic E-state index is 13.9. The first-order valence-corrected chi connectivity index (χ1v) is 8.42. The first-order valence-electron chi connectivity index (χ1n) is 6.35. The summed E-state index contributed by atoms with van der Waals surface area (Å²) in [5, 5.41) is 9.45. The molecule has 0 bridgehead atoms. The second-order valence-corrected chi connectivity index (χ2v) is 6.82. The largest absolute Gasteiger partial charge is 0.481 e. The molecule has 21 heavy (non-hydrogen) atoms. The topological polar surface area (TPSA) is 64.3 Å². The zero-order valence-corrected chi connectivity index (χ0v) is 13.9. The van der Waals surface area contributed by atoms with Crippen molar-refractivity contribution >= 4 is 51.4 Å². The Morgan fingerprint density at radius 1 is 1.62 bits per heavy atom. The van der Waals surface area contributed by atoms with Crippen molar-refractivity contribution in [3.8, 4) is 0 Å². The van der Waals surface area contributed by atoms with Gasteiger partial charge < -0.3 is 14.4 Å². The fourth-order valence-corrected chi connectivity index (χ4v) is 3.63. The normalized spacial score (nSPS) is 18.5. The fourth-order valence-electron chi connectivity index (χ4n) is 2.37. The van der Waals surface area contributed by atoms with Crippen molar-refractivity contribution < 1.29 is 19.0 Å². The van der Waals surface area contributed by atoms with Gasteiger partial charge in [-0.2, -0.15) is 0 Å². The van der Waals surface area contributed by atoms with Gasteiger partial charge in [0.1, 0.15) is 5.82 Å². The van der Waals surface area contributed by atoms with Crippen molar-refractivity contribution in [2.24, 2.45) is 0 Å². The number of ether oxygens (including phenoxy) is 1. The lowest BCUT2D eigenvalue weighted by Gasteiger charge is -2.14. The van der Waals surface area contributed by atoms with Crippen LogP contribution in [-0.2, 0) is 9.53 Å². The van der Waals surface area contributed by atoms with Gasteiger partial charge in [-0.05, 0) is 35.1 Å². The number of carbonyl (C=O) groups is 1. The van der Waals surface area contributed by atoms with Gasteiger partial charge in [-0.3, -0.25) is 4.79 Å². The quantitative estimate of drug-likeness (QED) is 0.607. The number of imidazole rings is 1. The molecule has 0 saturated carbocycles. The molecule has 1 aliphatic heterocycles. The van der Waals surface area contributed by atoms with E-state index < -0.39 is 5.97 Å². The summed E-state index contributed by atoms with van der Waals surface area (Å²) >= 11 is 3.08. The Labute approximate surface area is 138 Å². The summed E-state index contributed by atoms with van der Waals surface area (Å²) in [6.07, 6.45) is 0.819. The molecule has 1 aromatic carbocycles. The SMILES string of the molecule is O=C(O)CSc1nc2cc(I)c(F)cc2n1C1CCOC1. The minimum absolute atomic E-state index is 0.0729. The van der Waals surface area contributed by atoms with Gasteiger partial charge in [0.2, 0.25) is 0 Å². The smallest absolute Gasteiger partial charge is 0.313 e. The predicted molar refractivity (Wildman–Crippen MR) is 85.2 cm³/mol. The first-order chi connectivity index (χ1) is 10.1. The van der Waals surface area contributed by atoms with E-state index in [0.29, 0.717) is 33.0 Å². The average molecular weight is 422 g/mol. The van der Waals surface area contributed by atoms with Gasteiger partial charge in [-0.1, -0.05) is 11.8 Å². The molecule has 1 unspecified atom stereocenters. The summed E-state index contributed by atoms with van der Waals surface area (Å²) in [5.41, 5.74) is 1.37. The minimum Gasteiger partial charge on any atom is -0.481 e. The number of aliphatic carboxylic acids is 1. The molecule has 1 saturated heterocycles. The molecular weight excluding hydrogens is 410 g/mol. The third-order valence-electron chi connectivity index (χ3n) is 3.29. The van der Waals surface area contributed by atoms with Crippen molar-refractivity contribution in [3.05, 3.63) is 21.5 Å². The summed E-state index contributed by atoms with van der Waals surface area (Å²) in [6.45, 7) is 1.19. The van der Waals surface area contributed by atoms with E-state index in [1.54, 1.807) is 6.07 Å². The third kappa shape index (κ3) is 3.02. The Hall–Kier alpha value is -0.870. The molecule has 0 amide bonds. The molecule has 1 atom stereocenters. The standard InChI is InChI=1S/C13H12FIN2O3S/c14-8-3-11-10(4-9(8)15)16-13(21-6-12(18)19)17(11)7-1-2-20-5-7/h3-4,7H,1-2,5-6H2,(H,18,19). The van der Waals surface area contributed by atoms with Crippen LogP contribution in [0.4, 0.5) is 4.39 Å². The highest BCUT2D eigenvalue weighted by molar-refractivity contribution is 14.1. The average Bonchev–Trinajstić information content (AvgIpc) is 3.04. The molecule has 0 radical (unpaired) electrons. The van der Waals surface area contributed by atoms with Crippen LogP contribution < -0.4 is 0 Å². The van der Waals surface area contributed by atoms with E-state index in [1.165, 1.54) is 6.07 Å². The number of aromatic nitrogens is 2. The summed E-state index contributed by atoms with van der Waals surface area (Å²) in [6, 6.07) is 3.22. The Morgan fingerprint density at radius 3 is 3.10 bits per heavy atom. The molecule has 112 valence electrons. The van der Waals surface area contributed by atoms with Crippen molar-refractivity contribution in [1.82, 2.24) is 9.55 Å². The second-order valence-electron chi connectivity index (χ2n) is 4.72. The molecule has 1 aliphatic rings. The maximum Gasteiger partial charge on any atom is 0.313 e. The lowest BCUT2D eigenvalue weighted by Crippen LogP contribution is -2.11. The van der Waals surface area contributed by atoms with E-state index in [9.17, 15) is 9.18 Å². The van der Waals surface area contributed by atoms with E-state index in [-0.39, 0.29) is 17.6 Å². The van der Waals surface area contributed by atoms with Gasteiger partial charge in [0.25, 0.3) is 0 Å². The van der Waals surface area contributed by atoms with Crippen LogP contribution in [0, 0.1) is 9.39 Å². The van der Waals surface area contributed by atoms with Crippen molar-refractivity contribution in [2.75, 3.05) is 19.0 Å². The summed E-state index contributed by atoms with van der Waals surface area (Å²) in [7, 11) is 0. The van der Waals surface area contributed by atoms with Crippen molar-refractivity contribution in [3.63, 3.8) is 0 Å². The lowest BCUT2D eigenvalue weighted by atomic mass is 10.2. The van der Waals surface area contributed by atoms with Gasteiger partial charge in [0.15, 0.2) is 5.16 Å². The van der Waals surface area contributed by atoms with Crippen LogP contribution in [0.2, 0.25) is 0 Å². The van der Waals surface area contributed by atoms with E-state index in [1.807, 2.05) is 27.2 Å². The molecule has 1 N–H and O–H groups in total. The van der Waals surface area contributed by atoms with E-state index in [0.717, 1.165) is 18.2 Å². The maximum absolute atomic E-state index is 13.9. The van der Waals surface area contributed by atoms with Crippen LogP contribution >= 0.6 is 34.4 Å². The van der Waals surface area contributed by atoms with Crippen LogP contribution in [0.5, 0.6) is 0 Å². The first kappa shape index (κ1) is 15.0. The number of benzene rings is 1. The number of fused-ring (bicyclic) bond motifs is 1. The van der Waals surface area contributed by atoms with Crippen LogP contribution in [0.25, 0.3) is 11.0 Å². The number of thioether (sulfide) groups is 1. The lowest BCUT2D eigenvalue weighted by molar-refractivity contribution is -0.133.